The van der Waals surface area contributed by atoms with E-state index < -0.39 is 26.0 Å². The van der Waals surface area contributed by atoms with Gasteiger partial charge in [0.15, 0.2) is 0 Å². The van der Waals surface area contributed by atoms with Gasteiger partial charge in [-0.15, -0.1) is 0 Å². The van der Waals surface area contributed by atoms with Crippen LogP contribution in [0.5, 0.6) is 0 Å². The highest BCUT2D eigenvalue weighted by atomic mass is 28.3. The third-order valence-electron chi connectivity index (χ3n) is 8.50. The van der Waals surface area contributed by atoms with E-state index in [2.05, 4.69) is 52.4 Å². The van der Waals surface area contributed by atoms with Crippen LogP contribution in [0.3, 0.4) is 0 Å². The standard InChI is InChI=1S/C32H48FN7O3Si/c1-8-25-28(22(4)38-40(25)20-43-18-19-44(5,6)7)24-14-15-27(35-30(24)33)36-32(42)29(23-12-10-21(3)11-13-23)37-31(41)26-16-17-34-39(26)9-2/h14-17,21,23,29H,8-13,18-20H2,1-7H3,(H,37,41)(H,35,36,42)/t21-,23-,29-/m0/s1. The molecule has 240 valence electrons. The summed E-state index contributed by atoms with van der Waals surface area (Å²) >= 11 is 0. The van der Waals surface area contributed by atoms with Crippen LogP contribution < -0.4 is 10.6 Å². The lowest BCUT2D eigenvalue weighted by molar-refractivity contribution is -0.119. The van der Waals surface area contributed by atoms with E-state index in [0.717, 1.165) is 37.4 Å². The number of aryl methyl sites for hydroxylation is 2. The fraction of sp³-hybridized carbons (Fsp3) is 0.594. The highest BCUT2D eigenvalue weighted by molar-refractivity contribution is 6.76. The van der Waals surface area contributed by atoms with E-state index in [0.29, 0.717) is 54.7 Å². The van der Waals surface area contributed by atoms with Gasteiger partial charge in [0.2, 0.25) is 11.9 Å². The first-order valence-electron chi connectivity index (χ1n) is 15.9. The van der Waals surface area contributed by atoms with Crippen molar-refractivity contribution in [3.8, 4) is 11.1 Å². The van der Waals surface area contributed by atoms with Crippen molar-refractivity contribution in [1.29, 1.82) is 0 Å². The molecule has 44 heavy (non-hydrogen) atoms. The van der Waals surface area contributed by atoms with Gasteiger partial charge in [0.1, 0.15) is 24.3 Å². The molecule has 12 heteroatoms. The van der Waals surface area contributed by atoms with Crippen molar-refractivity contribution in [2.45, 2.75) is 105 Å². The number of pyridine rings is 1. The highest BCUT2D eigenvalue weighted by Gasteiger charge is 2.33. The largest absolute Gasteiger partial charge is 0.360 e. The Morgan fingerprint density at radius 2 is 1.84 bits per heavy atom. The number of halogens is 1. The second kappa shape index (κ2) is 14.6. The van der Waals surface area contributed by atoms with Crippen molar-refractivity contribution in [2.24, 2.45) is 11.8 Å². The monoisotopic (exact) mass is 625 g/mol. The molecule has 2 N–H and O–H groups in total. The Kier molecular flexibility index (Phi) is 11.1. The van der Waals surface area contributed by atoms with Crippen molar-refractivity contribution in [1.82, 2.24) is 29.9 Å². The van der Waals surface area contributed by atoms with E-state index >= 15 is 4.39 Å². The van der Waals surface area contributed by atoms with E-state index in [4.69, 9.17) is 4.74 Å². The van der Waals surface area contributed by atoms with Crippen LogP contribution in [0.4, 0.5) is 10.2 Å². The molecule has 1 saturated carbocycles. The van der Waals surface area contributed by atoms with Gasteiger partial charge in [0.25, 0.3) is 5.91 Å². The van der Waals surface area contributed by atoms with Crippen molar-refractivity contribution in [2.75, 3.05) is 11.9 Å². The highest BCUT2D eigenvalue weighted by Crippen LogP contribution is 2.32. The van der Waals surface area contributed by atoms with Gasteiger partial charge >= 0.3 is 0 Å². The van der Waals surface area contributed by atoms with Crippen molar-refractivity contribution in [3.63, 3.8) is 0 Å². The molecule has 1 atom stereocenters. The van der Waals surface area contributed by atoms with Crippen LogP contribution >= 0.6 is 0 Å². The molecular formula is C32H48FN7O3Si. The van der Waals surface area contributed by atoms with E-state index in [9.17, 15) is 9.59 Å². The summed E-state index contributed by atoms with van der Waals surface area (Å²) in [5.74, 6) is -0.830. The van der Waals surface area contributed by atoms with Crippen LogP contribution in [0.2, 0.25) is 25.7 Å². The fourth-order valence-corrected chi connectivity index (χ4v) is 6.64. The molecule has 2 amide bonds. The zero-order valence-corrected chi connectivity index (χ0v) is 28.2. The average molecular weight is 626 g/mol. The number of rotatable bonds is 13. The predicted molar refractivity (Wildman–Crippen MR) is 173 cm³/mol. The predicted octanol–water partition coefficient (Wildman–Crippen LogP) is 6.05. The fourth-order valence-electron chi connectivity index (χ4n) is 5.88. The number of hydrogen-bond acceptors (Lipinski definition) is 6. The number of nitrogens with zero attached hydrogens (tertiary/aromatic N) is 5. The quantitative estimate of drug-likeness (QED) is 0.136. The first-order chi connectivity index (χ1) is 20.9. The summed E-state index contributed by atoms with van der Waals surface area (Å²) in [4.78, 5) is 30.9. The number of carbonyl (C=O) groups is 2. The number of aromatic nitrogens is 5. The maximum atomic E-state index is 15.6. The molecule has 1 aliphatic rings. The van der Waals surface area contributed by atoms with E-state index in [1.54, 1.807) is 33.8 Å². The molecule has 0 radical (unpaired) electrons. The van der Waals surface area contributed by atoms with Crippen LogP contribution in [-0.4, -0.2) is 57.1 Å². The van der Waals surface area contributed by atoms with E-state index in [-0.39, 0.29) is 17.6 Å². The summed E-state index contributed by atoms with van der Waals surface area (Å²) in [5, 5.41) is 14.5. The molecule has 0 spiro atoms. The van der Waals surface area contributed by atoms with Gasteiger partial charge in [-0.1, -0.05) is 46.3 Å². The minimum absolute atomic E-state index is 0.0363. The molecule has 1 aliphatic carbocycles. The Labute approximate surface area is 261 Å². The SMILES string of the molecule is CCc1c(-c2ccc(NC(=O)[C@@H](NC(=O)c3ccnn3CC)[C@H]3CC[C@H](C)CC3)nc2F)c(C)nn1COCC[Si](C)(C)C. The summed E-state index contributed by atoms with van der Waals surface area (Å²) in [5.41, 5.74) is 2.97. The number of hydrogen-bond donors (Lipinski definition) is 2. The summed E-state index contributed by atoms with van der Waals surface area (Å²) in [6.07, 6.45) is 5.81. The lowest BCUT2D eigenvalue weighted by Crippen LogP contribution is -2.49. The van der Waals surface area contributed by atoms with E-state index in [1.807, 2.05) is 20.8 Å². The Balaban J connectivity index is 1.52. The molecule has 0 unspecified atom stereocenters. The molecule has 1 fully saturated rings. The second-order valence-electron chi connectivity index (χ2n) is 13.1. The number of ether oxygens (including phenoxy) is 1. The Bertz CT molecular complexity index is 1440. The Hall–Kier alpha value is -3.38. The van der Waals surface area contributed by atoms with Crippen LogP contribution in [0.25, 0.3) is 11.1 Å². The molecule has 10 nitrogen and oxygen atoms in total. The number of amides is 2. The minimum atomic E-state index is -1.21. The maximum Gasteiger partial charge on any atom is 0.270 e. The van der Waals surface area contributed by atoms with Gasteiger partial charge in [0, 0.05) is 44.2 Å². The molecule has 3 heterocycles. The van der Waals surface area contributed by atoms with Crippen LogP contribution in [0, 0.1) is 24.7 Å². The zero-order chi connectivity index (χ0) is 32.0. The third kappa shape index (κ3) is 8.20. The van der Waals surface area contributed by atoms with Gasteiger partial charge in [-0.25, -0.2) is 9.67 Å². The van der Waals surface area contributed by atoms with Crippen molar-refractivity contribution < 1.29 is 18.7 Å². The molecule has 3 aromatic heterocycles. The zero-order valence-electron chi connectivity index (χ0n) is 27.2. The van der Waals surface area contributed by atoms with Crippen LogP contribution in [-0.2, 0) is 29.2 Å². The van der Waals surface area contributed by atoms with Gasteiger partial charge < -0.3 is 15.4 Å². The first-order valence-corrected chi connectivity index (χ1v) is 19.6. The lowest BCUT2D eigenvalue weighted by Gasteiger charge is -2.32. The Morgan fingerprint density at radius 3 is 2.48 bits per heavy atom. The topological polar surface area (TPSA) is 116 Å². The average Bonchev–Trinajstić information content (AvgIpc) is 3.58. The minimum Gasteiger partial charge on any atom is -0.360 e. The molecule has 0 aliphatic heterocycles. The van der Waals surface area contributed by atoms with Gasteiger partial charge in [-0.2, -0.15) is 14.6 Å². The molecule has 4 rings (SSSR count). The van der Waals surface area contributed by atoms with Crippen LogP contribution in [0.1, 0.15) is 68.3 Å². The first kappa shape index (κ1) is 33.5. The van der Waals surface area contributed by atoms with E-state index in [1.165, 1.54) is 0 Å². The lowest BCUT2D eigenvalue weighted by atomic mass is 9.79. The number of nitrogens with one attached hydrogen (secondary N) is 2. The van der Waals surface area contributed by atoms with Gasteiger partial charge in [-0.3, -0.25) is 14.3 Å². The van der Waals surface area contributed by atoms with Crippen molar-refractivity contribution in [3.05, 3.63) is 47.4 Å². The third-order valence-corrected chi connectivity index (χ3v) is 10.2. The smallest absolute Gasteiger partial charge is 0.270 e. The summed E-state index contributed by atoms with van der Waals surface area (Å²) in [6, 6.07) is 5.15. The number of carbonyl (C=O) groups excluding carboxylic acids is 2. The number of anilines is 1. The molecule has 0 bridgehead atoms. The second-order valence-corrected chi connectivity index (χ2v) is 18.8. The van der Waals surface area contributed by atoms with Gasteiger partial charge in [0.05, 0.1) is 5.69 Å². The Morgan fingerprint density at radius 1 is 1.11 bits per heavy atom. The van der Waals surface area contributed by atoms with Crippen LogP contribution in [0.15, 0.2) is 24.4 Å². The maximum absolute atomic E-state index is 15.6. The summed E-state index contributed by atoms with van der Waals surface area (Å²) in [7, 11) is -1.21. The van der Waals surface area contributed by atoms with Gasteiger partial charge in [-0.05, 0) is 69.2 Å². The normalized spacial score (nSPS) is 17.8. The molecular weight excluding hydrogens is 577 g/mol. The molecule has 0 aromatic carbocycles. The summed E-state index contributed by atoms with van der Waals surface area (Å²) in [6.45, 7) is 16.4. The molecule has 0 saturated heterocycles. The molecule has 3 aromatic rings. The van der Waals surface area contributed by atoms with Crippen molar-refractivity contribution >= 4 is 25.7 Å². The summed E-state index contributed by atoms with van der Waals surface area (Å²) < 4.78 is 24.9.